The Kier molecular flexibility index (Phi) is 6.73. The van der Waals surface area contributed by atoms with E-state index in [4.69, 9.17) is 0 Å². The molecule has 7 aromatic rings. The Hall–Kier alpha value is -5.91. The van der Waals surface area contributed by atoms with Crippen molar-refractivity contribution in [3.05, 3.63) is 176 Å². The lowest BCUT2D eigenvalue weighted by molar-refractivity contribution is 0.951. The van der Waals surface area contributed by atoms with Gasteiger partial charge in [-0.15, -0.1) is 0 Å². The molecule has 9 rings (SSSR count). The van der Waals surface area contributed by atoms with Gasteiger partial charge in [0.05, 0.1) is 23.7 Å². The Bertz CT molecular complexity index is 2200. The number of hydrogen-bond acceptors (Lipinski definition) is 4. The second kappa shape index (κ2) is 11.4. The largest absolute Gasteiger partial charge is 0.355 e. The first-order valence-corrected chi connectivity index (χ1v) is 18.5. The molecule has 0 unspecified atom stereocenters. The highest BCUT2D eigenvalue weighted by atomic mass is 28.3. The molecule has 0 bridgehead atoms. The zero-order chi connectivity index (χ0) is 32.1. The molecular weight excluding hydrogens is 601 g/mol. The van der Waals surface area contributed by atoms with Crippen LogP contribution in [0.3, 0.4) is 0 Å². The maximum atomic E-state index is 4.66. The summed E-state index contributed by atoms with van der Waals surface area (Å²) in [7, 11) is -0.490. The van der Waals surface area contributed by atoms with Crippen LogP contribution in [0.1, 0.15) is 0 Å². The lowest BCUT2D eigenvalue weighted by Crippen LogP contribution is -2.77. The summed E-state index contributed by atoms with van der Waals surface area (Å²) in [4.78, 5) is 12.0. The molecule has 0 spiro atoms. The van der Waals surface area contributed by atoms with Crippen LogP contribution in [0.15, 0.2) is 176 Å². The quantitative estimate of drug-likeness (QED) is 0.177. The Morgan fingerprint density at radius 2 is 1.19 bits per heavy atom. The first kappa shape index (κ1) is 28.3. The topological polar surface area (TPSA) is 22.6 Å². The van der Waals surface area contributed by atoms with Crippen molar-refractivity contribution >= 4 is 62.9 Å². The molecule has 0 saturated heterocycles. The van der Waals surface area contributed by atoms with E-state index in [-0.39, 0.29) is 0 Å². The molecule has 6 aromatic carbocycles. The lowest BCUT2D eigenvalue weighted by Gasteiger charge is -2.43. The molecular formula is C43H34N4Si. The monoisotopic (exact) mass is 634 g/mol. The number of aromatic nitrogens is 1. The number of hydrogen-bond donors (Lipinski definition) is 0. The molecule has 0 amide bonds. The van der Waals surface area contributed by atoms with E-state index in [1.807, 2.05) is 18.3 Å². The first-order chi connectivity index (χ1) is 23.7. The van der Waals surface area contributed by atoms with Crippen molar-refractivity contribution in [1.29, 1.82) is 0 Å². The highest BCUT2D eigenvalue weighted by molar-refractivity contribution is 7.21. The summed E-state index contributed by atoms with van der Waals surface area (Å²) >= 11 is 0. The molecule has 0 atom stereocenters. The number of pyridine rings is 1. The highest BCUT2D eigenvalue weighted by Crippen LogP contribution is 2.45. The van der Waals surface area contributed by atoms with Gasteiger partial charge in [-0.25, -0.2) is 0 Å². The molecule has 2 aliphatic heterocycles. The van der Waals surface area contributed by atoms with Crippen LogP contribution < -0.4 is 35.4 Å². The van der Waals surface area contributed by atoms with Gasteiger partial charge in [0.2, 0.25) is 0 Å². The van der Waals surface area contributed by atoms with Crippen molar-refractivity contribution < 1.29 is 0 Å². The predicted octanol–water partition coefficient (Wildman–Crippen LogP) is 7.45. The van der Waals surface area contributed by atoms with Gasteiger partial charge in [-0.05, 0) is 75.3 Å². The molecule has 5 heteroatoms. The van der Waals surface area contributed by atoms with Gasteiger partial charge < -0.3 is 14.7 Å². The molecule has 0 aliphatic carbocycles. The van der Waals surface area contributed by atoms with Gasteiger partial charge in [0.15, 0.2) is 8.07 Å². The van der Waals surface area contributed by atoms with Gasteiger partial charge in [-0.1, -0.05) is 115 Å². The fourth-order valence-corrected chi connectivity index (χ4v) is 13.0. The molecule has 48 heavy (non-hydrogen) atoms. The van der Waals surface area contributed by atoms with Gasteiger partial charge in [0.25, 0.3) is 0 Å². The fraction of sp³-hybridized carbons (Fsp3) is 0.0465. The summed E-state index contributed by atoms with van der Waals surface area (Å²) in [6.45, 7) is 0.803. The maximum Gasteiger partial charge on any atom is 0.184 e. The van der Waals surface area contributed by atoms with Gasteiger partial charge >= 0.3 is 0 Å². The molecule has 1 aromatic heterocycles. The zero-order valence-electron chi connectivity index (χ0n) is 26.7. The highest BCUT2D eigenvalue weighted by Gasteiger charge is 2.51. The molecule has 0 N–H and O–H groups in total. The van der Waals surface area contributed by atoms with E-state index in [1.54, 1.807) is 0 Å². The molecule has 0 fully saturated rings. The minimum atomic E-state index is -2.70. The van der Waals surface area contributed by atoms with Crippen LogP contribution in [0.5, 0.6) is 0 Å². The van der Waals surface area contributed by atoms with Crippen LogP contribution in [0, 0.1) is 0 Å². The van der Waals surface area contributed by atoms with E-state index >= 15 is 0 Å². The second-order valence-corrected chi connectivity index (χ2v) is 16.3. The minimum absolute atomic E-state index is 0.803. The van der Waals surface area contributed by atoms with E-state index in [9.17, 15) is 0 Å². The summed E-state index contributed by atoms with van der Waals surface area (Å²) in [5.74, 6) is 0. The van der Waals surface area contributed by atoms with Crippen molar-refractivity contribution in [2.75, 3.05) is 28.4 Å². The van der Waals surface area contributed by atoms with Crippen LogP contribution in [-0.2, 0) is 0 Å². The van der Waals surface area contributed by atoms with Crippen LogP contribution in [-0.4, -0.2) is 26.8 Å². The number of fused-ring (bicyclic) bond motifs is 2. The Balaban J connectivity index is 1.32. The zero-order valence-corrected chi connectivity index (χ0v) is 27.7. The number of benzene rings is 6. The smallest absolute Gasteiger partial charge is 0.184 e. The van der Waals surface area contributed by atoms with Gasteiger partial charge in [0.1, 0.15) is 0 Å². The van der Waals surface area contributed by atoms with Gasteiger partial charge in [-0.2, -0.15) is 0 Å². The van der Waals surface area contributed by atoms with Crippen molar-refractivity contribution in [3.8, 4) is 11.3 Å². The van der Waals surface area contributed by atoms with Gasteiger partial charge in [0, 0.05) is 41.6 Å². The standard InChI is InChI=1S/C43H34N4Si/c1-45-31-46-40-30-35(47(33-16-5-2-6-17-33)34-18-13-15-32(29-34)38-23-11-12-28-44-38)26-27-41(40)48(36-19-7-3-8-20-36,37-21-9-4-10-22-37)42-25-14-24-39(45)43(42)46/h2-30H,31H2,1H3. The second-order valence-electron chi connectivity index (χ2n) is 12.6. The SMILES string of the molecule is CN1CN2c3cc(N(c4ccccc4)c4cccc(-c5ccccn5)c4)ccc3[Si](c3ccccc3)(c3ccccc3)c3cccc1c32. The average molecular weight is 635 g/mol. The van der Waals surface area contributed by atoms with Crippen LogP contribution in [0.25, 0.3) is 11.3 Å². The van der Waals surface area contributed by atoms with Crippen molar-refractivity contribution in [1.82, 2.24) is 4.98 Å². The molecule has 0 saturated carbocycles. The van der Waals surface area contributed by atoms with Crippen LogP contribution in [0.2, 0.25) is 0 Å². The molecule has 3 heterocycles. The molecule has 4 nitrogen and oxygen atoms in total. The van der Waals surface area contributed by atoms with Crippen LogP contribution in [0.4, 0.5) is 34.1 Å². The van der Waals surface area contributed by atoms with Crippen LogP contribution >= 0.6 is 0 Å². The number of para-hydroxylation sites is 2. The van der Waals surface area contributed by atoms with E-state index in [1.165, 1.54) is 37.8 Å². The van der Waals surface area contributed by atoms with E-state index in [2.05, 4.69) is 184 Å². The average Bonchev–Trinajstić information content (AvgIpc) is 3.51. The lowest BCUT2D eigenvalue weighted by atomic mass is 10.1. The molecule has 0 radical (unpaired) electrons. The third-order valence-corrected chi connectivity index (χ3v) is 14.7. The number of rotatable bonds is 6. The molecule has 230 valence electrons. The third-order valence-electron chi connectivity index (χ3n) is 9.88. The number of anilines is 6. The number of nitrogens with zero attached hydrogens (tertiary/aromatic N) is 4. The fourth-order valence-electron chi connectivity index (χ4n) is 7.85. The Morgan fingerprint density at radius 3 is 1.90 bits per heavy atom. The predicted molar refractivity (Wildman–Crippen MR) is 203 cm³/mol. The summed E-state index contributed by atoms with van der Waals surface area (Å²) < 4.78 is 0. The Morgan fingerprint density at radius 1 is 0.542 bits per heavy atom. The Labute approximate surface area is 282 Å². The summed E-state index contributed by atoms with van der Waals surface area (Å²) in [6.07, 6.45) is 1.86. The first-order valence-electron chi connectivity index (χ1n) is 16.5. The molecule has 2 aliphatic rings. The van der Waals surface area contributed by atoms with Crippen molar-refractivity contribution in [2.45, 2.75) is 0 Å². The van der Waals surface area contributed by atoms with Gasteiger partial charge in [-0.3, -0.25) is 4.98 Å². The summed E-state index contributed by atoms with van der Waals surface area (Å²) in [5, 5.41) is 5.66. The third kappa shape index (κ3) is 4.32. The summed E-state index contributed by atoms with van der Waals surface area (Å²) in [5.41, 5.74) is 9.28. The van der Waals surface area contributed by atoms with Crippen molar-refractivity contribution in [2.24, 2.45) is 0 Å². The normalized spacial score (nSPS) is 13.9. The summed E-state index contributed by atoms with van der Waals surface area (Å²) in [6, 6.07) is 62.1. The minimum Gasteiger partial charge on any atom is -0.355 e. The van der Waals surface area contributed by atoms with E-state index in [0.29, 0.717) is 0 Å². The maximum absolute atomic E-state index is 4.66. The van der Waals surface area contributed by atoms with E-state index in [0.717, 1.165) is 35.0 Å². The van der Waals surface area contributed by atoms with E-state index < -0.39 is 8.07 Å². The van der Waals surface area contributed by atoms with Crippen molar-refractivity contribution in [3.63, 3.8) is 0 Å².